The van der Waals surface area contributed by atoms with E-state index >= 15 is 0 Å². The molecule has 0 saturated carbocycles. The molecule has 1 heterocycles. The van der Waals surface area contributed by atoms with Crippen LogP contribution in [0, 0.1) is 5.92 Å². The van der Waals surface area contributed by atoms with E-state index in [1.807, 2.05) is 0 Å². The van der Waals surface area contributed by atoms with Crippen LogP contribution in [0.1, 0.15) is 12.6 Å². The summed E-state index contributed by atoms with van der Waals surface area (Å²) in [4.78, 5) is 18.2. The van der Waals surface area contributed by atoms with Gasteiger partial charge in [-0.1, -0.05) is 18.7 Å². The van der Waals surface area contributed by atoms with Gasteiger partial charge in [-0.15, -0.1) is 0 Å². The number of carbonyl (C=O) groups excluding carboxylic acids is 1. The minimum atomic E-state index is -4.49. The number of ether oxygens (including phenoxy) is 1. The van der Waals surface area contributed by atoms with E-state index < -0.39 is 23.8 Å². The maximum absolute atomic E-state index is 12.4. The number of nitrogens with zero attached hydrogens (tertiary/aromatic N) is 2. The Morgan fingerprint density at radius 1 is 1.56 bits per heavy atom. The first-order valence-electron chi connectivity index (χ1n) is 4.95. The Morgan fingerprint density at radius 3 is 2.78 bits per heavy atom. The predicted octanol–water partition coefficient (Wildman–Crippen LogP) is 2.40. The molecular weight excluding hydrogens is 269 g/mol. The lowest BCUT2D eigenvalue weighted by Crippen LogP contribution is -2.15. The van der Waals surface area contributed by atoms with E-state index in [0.717, 1.165) is 24.0 Å². The predicted molar refractivity (Wildman–Crippen MR) is 58.9 cm³/mol. The molecule has 4 nitrogen and oxygen atoms in total. The van der Waals surface area contributed by atoms with Crippen molar-refractivity contribution in [2.75, 3.05) is 12.9 Å². The van der Waals surface area contributed by atoms with Crippen molar-refractivity contribution in [2.24, 2.45) is 5.92 Å². The van der Waals surface area contributed by atoms with Gasteiger partial charge in [0.05, 0.1) is 13.0 Å². The Hall–Kier alpha value is -1.31. The van der Waals surface area contributed by atoms with Crippen LogP contribution in [0.15, 0.2) is 17.4 Å². The van der Waals surface area contributed by atoms with Gasteiger partial charge in [-0.05, 0) is 6.07 Å². The molecule has 0 saturated heterocycles. The second-order valence-electron chi connectivity index (χ2n) is 3.46. The first-order chi connectivity index (χ1) is 8.34. The van der Waals surface area contributed by atoms with Crippen LogP contribution in [0.25, 0.3) is 0 Å². The van der Waals surface area contributed by atoms with Crippen LogP contribution in [-0.4, -0.2) is 28.8 Å². The van der Waals surface area contributed by atoms with Gasteiger partial charge in [-0.2, -0.15) is 13.2 Å². The van der Waals surface area contributed by atoms with Gasteiger partial charge < -0.3 is 4.74 Å². The Labute approximate surface area is 106 Å². The minimum Gasteiger partial charge on any atom is -0.469 e. The summed E-state index contributed by atoms with van der Waals surface area (Å²) in [6.45, 7) is 1.62. The summed E-state index contributed by atoms with van der Waals surface area (Å²) in [6, 6.07) is 0.799. The van der Waals surface area contributed by atoms with Crippen molar-refractivity contribution in [2.45, 2.75) is 18.3 Å². The largest absolute Gasteiger partial charge is 0.469 e. The van der Waals surface area contributed by atoms with Crippen molar-refractivity contribution in [1.29, 1.82) is 0 Å². The van der Waals surface area contributed by atoms with E-state index in [9.17, 15) is 18.0 Å². The maximum Gasteiger partial charge on any atom is 0.433 e. The number of carbonyl (C=O) groups is 1. The van der Waals surface area contributed by atoms with Crippen LogP contribution in [-0.2, 0) is 15.7 Å². The fourth-order valence-electron chi connectivity index (χ4n) is 1.04. The molecular formula is C10H11F3N2O2S. The molecule has 0 aliphatic carbocycles. The van der Waals surface area contributed by atoms with Gasteiger partial charge in [-0.3, -0.25) is 4.79 Å². The summed E-state index contributed by atoms with van der Waals surface area (Å²) >= 11 is 0.979. The average molecular weight is 280 g/mol. The molecule has 1 rings (SSSR count). The first kappa shape index (κ1) is 14.7. The molecule has 0 aliphatic rings. The Kier molecular flexibility index (Phi) is 4.94. The number of esters is 1. The molecule has 1 unspecified atom stereocenters. The van der Waals surface area contributed by atoms with Crippen molar-refractivity contribution >= 4 is 17.7 Å². The normalized spacial score (nSPS) is 13.2. The standard InChI is InChI=1S/C10H11F3N2O2S/c1-6(8(16)17-2)5-18-9-14-4-3-7(15-9)10(11,12)13/h3-4,6H,5H2,1-2H3. The SMILES string of the molecule is COC(=O)C(C)CSc1nccc(C(F)(F)F)n1. The number of rotatable bonds is 4. The number of alkyl halides is 3. The zero-order valence-corrected chi connectivity index (χ0v) is 10.5. The number of hydrogen-bond acceptors (Lipinski definition) is 5. The molecule has 0 fully saturated rings. The summed E-state index contributed by atoms with van der Waals surface area (Å²) in [5.41, 5.74) is -0.995. The van der Waals surface area contributed by atoms with E-state index in [-0.39, 0.29) is 10.9 Å². The summed E-state index contributed by atoms with van der Waals surface area (Å²) in [6.07, 6.45) is -3.45. The van der Waals surface area contributed by atoms with Crippen molar-refractivity contribution in [1.82, 2.24) is 9.97 Å². The van der Waals surface area contributed by atoms with Gasteiger partial charge in [0.1, 0.15) is 5.69 Å². The topological polar surface area (TPSA) is 52.1 Å². The lowest BCUT2D eigenvalue weighted by molar-refractivity contribution is -0.144. The molecule has 0 aliphatic heterocycles. The van der Waals surface area contributed by atoms with E-state index in [1.165, 1.54) is 7.11 Å². The first-order valence-corrected chi connectivity index (χ1v) is 5.94. The van der Waals surface area contributed by atoms with E-state index in [4.69, 9.17) is 0 Å². The molecule has 0 N–H and O–H groups in total. The number of thioether (sulfide) groups is 1. The highest BCUT2D eigenvalue weighted by atomic mass is 32.2. The highest BCUT2D eigenvalue weighted by Gasteiger charge is 2.32. The van der Waals surface area contributed by atoms with Crippen LogP contribution in [0.3, 0.4) is 0 Å². The highest BCUT2D eigenvalue weighted by Crippen LogP contribution is 2.28. The molecule has 0 radical (unpaired) electrons. The molecule has 0 amide bonds. The summed E-state index contributed by atoms with van der Waals surface area (Å²) in [5, 5.41) is -0.0134. The fraction of sp³-hybridized carbons (Fsp3) is 0.500. The van der Waals surface area contributed by atoms with Gasteiger partial charge >= 0.3 is 12.1 Å². The molecule has 0 bridgehead atoms. The molecule has 0 spiro atoms. The Bertz CT molecular complexity index is 426. The monoisotopic (exact) mass is 280 g/mol. The third-order valence-corrected chi connectivity index (χ3v) is 3.11. The van der Waals surface area contributed by atoms with Gasteiger partial charge in [0.25, 0.3) is 0 Å². The number of hydrogen-bond donors (Lipinski definition) is 0. The molecule has 0 aromatic carbocycles. The third kappa shape index (κ3) is 4.17. The smallest absolute Gasteiger partial charge is 0.433 e. The number of methoxy groups -OCH3 is 1. The van der Waals surface area contributed by atoms with Crippen molar-refractivity contribution < 1.29 is 22.7 Å². The quantitative estimate of drug-likeness (QED) is 0.481. The molecule has 8 heteroatoms. The fourth-order valence-corrected chi connectivity index (χ4v) is 1.87. The zero-order chi connectivity index (χ0) is 13.8. The van der Waals surface area contributed by atoms with Gasteiger partial charge in [0, 0.05) is 11.9 Å². The van der Waals surface area contributed by atoms with Gasteiger partial charge in [0.2, 0.25) is 0 Å². The summed E-state index contributed by atoms with van der Waals surface area (Å²) in [5.74, 6) is -0.596. The van der Waals surface area contributed by atoms with E-state index in [0.29, 0.717) is 0 Å². The van der Waals surface area contributed by atoms with Gasteiger partial charge in [-0.25, -0.2) is 9.97 Å². The molecule has 1 atom stereocenters. The lowest BCUT2D eigenvalue weighted by Gasteiger charge is -2.09. The minimum absolute atomic E-state index is 0.0134. The van der Waals surface area contributed by atoms with Gasteiger partial charge in [0.15, 0.2) is 5.16 Å². The Morgan fingerprint density at radius 2 is 2.22 bits per heavy atom. The van der Waals surface area contributed by atoms with Crippen molar-refractivity contribution in [3.8, 4) is 0 Å². The maximum atomic E-state index is 12.4. The average Bonchev–Trinajstić information content (AvgIpc) is 2.34. The summed E-state index contributed by atoms with van der Waals surface area (Å²) < 4.78 is 41.6. The lowest BCUT2D eigenvalue weighted by atomic mass is 10.2. The van der Waals surface area contributed by atoms with Crippen molar-refractivity contribution in [3.05, 3.63) is 18.0 Å². The molecule has 1 aromatic rings. The van der Waals surface area contributed by atoms with Crippen LogP contribution in [0.4, 0.5) is 13.2 Å². The molecule has 1 aromatic heterocycles. The van der Waals surface area contributed by atoms with Crippen molar-refractivity contribution in [3.63, 3.8) is 0 Å². The van der Waals surface area contributed by atoms with Crippen LogP contribution in [0.2, 0.25) is 0 Å². The highest BCUT2D eigenvalue weighted by molar-refractivity contribution is 7.99. The molecule has 100 valence electrons. The summed E-state index contributed by atoms with van der Waals surface area (Å²) in [7, 11) is 1.25. The van der Waals surface area contributed by atoms with Crippen LogP contribution >= 0.6 is 11.8 Å². The number of aromatic nitrogens is 2. The Balaban J connectivity index is 2.66. The van der Waals surface area contributed by atoms with E-state index in [1.54, 1.807) is 6.92 Å². The zero-order valence-electron chi connectivity index (χ0n) is 9.69. The third-order valence-electron chi connectivity index (χ3n) is 1.99. The second-order valence-corrected chi connectivity index (χ2v) is 4.44. The van der Waals surface area contributed by atoms with Crippen LogP contribution in [0.5, 0.6) is 0 Å². The second kappa shape index (κ2) is 6.03. The van der Waals surface area contributed by atoms with Crippen LogP contribution < -0.4 is 0 Å². The number of halogens is 3. The molecule has 18 heavy (non-hydrogen) atoms. The van der Waals surface area contributed by atoms with E-state index in [2.05, 4.69) is 14.7 Å².